The number of ether oxygens (including phenoxy) is 1. The van der Waals surface area contributed by atoms with E-state index in [0.29, 0.717) is 32.0 Å². The van der Waals surface area contributed by atoms with Gasteiger partial charge in [-0.15, -0.1) is 0 Å². The largest absolute Gasteiger partial charge is 0.477 e. The summed E-state index contributed by atoms with van der Waals surface area (Å²) in [5.41, 5.74) is -1.09. The van der Waals surface area contributed by atoms with Crippen molar-refractivity contribution < 1.29 is 24.5 Å². The van der Waals surface area contributed by atoms with Gasteiger partial charge in [0.2, 0.25) is 0 Å². The first-order chi connectivity index (χ1) is 13.4. The second-order valence-corrected chi connectivity index (χ2v) is 6.37. The number of anilines is 1. The molecule has 4 rings (SSSR count). The second-order valence-electron chi connectivity index (χ2n) is 6.37. The molecule has 1 fully saturated rings. The number of carboxylic acids is 2. The number of carboxylic acid groups (broad SMARTS) is 2. The molecule has 0 bridgehead atoms. The Morgan fingerprint density at radius 2 is 1.46 bits per heavy atom. The lowest BCUT2D eigenvalue weighted by Crippen LogP contribution is -2.36. The summed E-state index contributed by atoms with van der Waals surface area (Å²) in [6.07, 6.45) is 0. The molecule has 28 heavy (non-hydrogen) atoms. The number of aromatic nitrogens is 2. The lowest BCUT2D eigenvalue weighted by Gasteiger charge is -2.30. The number of hydrogen-bond donors (Lipinski definition) is 4. The van der Waals surface area contributed by atoms with E-state index in [1.165, 1.54) is 6.07 Å². The molecule has 0 unspecified atom stereocenters. The third-order valence-electron chi connectivity index (χ3n) is 4.70. The molecule has 0 radical (unpaired) electrons. The summed E-state index contributed by atoms with van der Waals surface area (Å²) in [5.74, 6) is -2.65. The SMILES string of the molecule is O=C(O)c1cc(=O)c2c([nH]1)c(N1CCOCC1)cc1c(=O)cc(C(=O)O)[nH]c12. The average Bonchev–Trinajstić information content (AvgIpc) is 2.67. The fourth-order valence-electron chi connectivity index (χ4n) is 3.40. The maximum absolute atomic E-state index is 12.7. The number of hydrogen-bond acceptors (Lipinski definition) is 6. The Morgan fingerprint density at radius 3 is 2.07 bits per heavy atom. The molecule has 0 aliphatic carbocycles. The number of pyridine rings is 2. The third kappa shape index (κ3) is 2.79. The lowest BCUT2D eigenvalue weighted by atomic mass is 10.0. The molecule has 0 amide bonds. The number of aromatic amines is 2. The highest BCUT2D eigenvalue weighted by Gasteiger charge is 2.21. The molecule has 10 heteroatoms. The van der Waals surface area contributed by atoms with Crippen LogP contribution < -0.4 is 15.8 Å². The van der Waals surface area contributed by atoms with Crippen LogP contribution in [0.15, 0.2) is 27.8 Å². The van der Waals surface area contributed by atoms with Crippen molar-refractivity contribution in [2.75, 3.05) is 31.2 Å². The van der Waals surface area contributed by atoms with E-state index in [0.717, 1.165) is 12.1 Å². The van der Waals surface area contributed by atoms with Gasteiger partial charge in [0, 0.05) is 30.6 Å². The molecule has 3 heterocycles. The summed E-state index contributed by atoms with van der Waals surface area (Å²) in [7, 11) is 0. The highest BCUT2D eigenvalue weighted by molar-refractivity contribution is 6.11. The monoisotopic (exact) mass is 385 g/mol. The van der Waals surface area contributed by atoms with Crippen molar-refractivity contribution in [3.05, 3.63) is 50.0 Å². The van der Waals surface area contributed by atoms with Crippen LogP contribution in [0.25, 0.3) is 21.8 Å². The van der Waals surface area contributed by atoms with Gasteiger partial charge >= 0.3 is 11.9 Å². The summed E-state index contributed by atoms with van der Waals surface area (Å²) in [6, 6.07) is 3.41. The van der Waals surface area contributed by atoms with Crippen LogP contribution in [0.4, 0.5) is 5.69 Å². The summed E-state index contributed by atoms with van der Waals surface area (Å²) < 4.78 is 5.33. The standard InChI is InChI=1S/C18H15N3O7/c22-12-6-9(17(24)25)19-15-8(12)5-11(21-1-3-28-4-2-21)16-14(15)13(23)7-10(20-16)18(26)27/h5-7H,1-4H2,(H,19,22)(H,20,23)(H,24,25)(H,26,27). The fourth-order valence-corrected chi connectivity index (χ4v) is 3.40. The van der Waals surface area contributed by atoms with Gasteiger partial charge < -0.3 is 29.8 Å². The van der Waals surface area contributed by atoms with Crippen LogP contribution in [0, 0.1) is 0 Å². The second kappa shape index (κ2) is 6.50. The Balaban J connectivity index is 2.17. The maximum Gasteiger partial charge on any atom is 0.352 e. The first-order valence-corrected chi connectivity index (χ1v) is 8.43. The Labute approximate surface area is 156 Å². The fraction of sp³-hybridized carbons (Fsp3) is 0.222. The summed E-state index contributed by atoms with van der Waals surface area (Å²) in [4.78, 5) is 55.3. The van der Waals surface area contributed by atoms with Crippen molar-refractivity contribution >= 4 is 39.4 Å². The molecule has 0 atom stereocenters. The molecule has 3 aromatic rings. The van der Waals surface area contributed by atoms with Crippen LogP contribution >= 0.6 is 0 Å². The minimum absolute atomic E-state index is 0.0317. The Bertz CT molecular complexity index is 1250. The quantitative estimate of drug-likeness (QED) is 0.478. The van der Waals surface area contributed by atoms with E-state index in [9.17, 15) is 29.4 Å². The lowest BCUT2D eigenvalue weighted by molar-refractivity contribution is 0.0680. The van der Waals surface area contributed by atoms with Gasteiger partial charge in [0.1, 0.15) is 11.4 Å². The number of benzene rings is 1. The molecule has 1 aromatic carbocycles. The van der Waals surface area contributed by atoms with E-state index < -0.39 is 22.8 Å². The summed E-state index contributed by atoms with van der Waals surface area (Å²) in [6.45, 7) is 1.86. The first-order valence-electron chi connectivity index (χ1n) is 8.43. The molecule has 4 N–H and O–H groups in total. The highest BCUT2D eigenvalue weighted by Crippen LogP contribution is 2.30. The Kier molecular flexibility index (Phi) is 4.12. The van der Waals surface area contributed by atoms with Gasteiger partial charge in [-0.1, -0.05) is 0 Å². The van der Waals surface area contributed by atoms with Crippen molar-refractivity contribution in [2.45, 2.75) is 0 Å². The van der Waals surface area contributed by atoms with Crippen LogP contribution in [-0.2, 0) is 4.74 Å². The zero-order chi connectivity index (χ0) is 20.0. The van der Waals surface area contributed by atoms with Gasteiger partial charge in [0.05, 0.1) is 35.3 Å². The van der Waals surface area contributed by atoms with Gasteiger partial charge in [-0.25, -0.2) is 9.59 Å². The van der Waals surface area contributed by atoms with Crippen molar-refractivity contribution in [1.29, 1.82) is 0 Å². The molecule has 10 nitrogen and oxygen atoms in total. The van der Waals surface area contributed by atoms with Gasteiger partial charge in [-0.05, 0) is 6.07 Å². The molecule has 2 aromatic heterocycles. The topological polar surface area (TPSA) is 153 Å². The van der Waals surface area contributed by atoms with Crippen LogP contribution in [0.3, 0.4) is 0 Å². The smallest absolute Gasteiger partial charge is 0.352 e. The number of carbonyl (C=O) groups is 2. The number of H-pyrrole nitrogens is 2. The molecule has 1 aliphatic heterocycles. The van der Waals surface area contributed by atoms with Crippen molar-refractivity contribution in [3.8, 4) is 0 Å². The van der Waals surface area contributed by atoms with Gasteiger partial charge in [-0.3, -0.25) is 9.59 Å². The minimum Gasteiger partial charge on any atom is -0.477 e. The predicted octanol–water partition coefficient (Wildman–Crippen LogP) is 0.603. The molecule has 1 saturated heterocycles. The molecule has 144 valence electrons. The first kappa shape index (κ1) is 17.7. The van der Waals surface area contributed by atoms with E-state index in [1.807, 2.05) is 4.90 Å². The van der Waals surface area contributed by atoms with Crippen LogP contribution in [0.1, 0.15) is 21.0 Å². The zero-order valence-electron chi connectivity index (χ0n) is 14.4. The van der Waals surface area contributed by atoms with Crippen LogP contribution in [0.2, 0.25) is 0 Å². The highest BCUT2D eigenvalue weighted by atomic mass is 16.5. The van der Waals surface area contributed by atoms with Gasteiger partial charge in [-0.2, -0.15) is 0 Å². The number of fused-ring (bicyclic) bond motifs is 3. The van der Waals surface area contributed by atoms with E-state index in [1.54, 1.807) is 0 Å². The number of morpholine rings is 1. The van der Waals surface area contributed by atoms with Crippen molar-refractivity contribution in [2.24, 2.45) is 0 Å². The van der Waals surface area contributed by atoms with Crippen molar-refractivity contribution in [3.63, 3.8) is 0 Å². The van der Waals surface area contributed by atoms with Gasteiger partial charge in [0.25, 0.3) is 0 Å². The number of nitrogens with one attached hydrogen (secondary N) is 2. The number of aromatic carboxylic acids is 2. The minimum atomic E-state index is -1.34. The van der Waals surface area contributed by atoms with E-state index >= 15 is 0 Å². The average molecular weight is 385 g/mol. The zero-order valence-corrected chi connectivity index (χ0v) is 14.4. The van der Waals surface area contributed by atoms with Crippen LogP contribution in [0.5, 0.6) is 0 Å². The number of nitrogens with zero attached hydrogens (tertiary/aromatic N) is 1. The van der Waals surface area contributed by atoms with Gasteiger partial charge in [0.15, 0.2) is 10.9 Å². The Morgan fingerprint density at radius 1 is 0.893 bits per heavy atom. The predicted molar refractivity (Wildman–Crippen MR) is 99.6 cm³/mol. The van der Waals surface area contributed by atoms with Crippen molar-refractivity contribution in [1.82, 2.24) is 9.97 Å². The maximum atomic E-state index is 12.7. The Hall–Kier alpha value is -3.66. The van der Waals surface area contributed by atoms with E-state index in [-0.39, 0.29) is 33.2 Å². The molecule has 1 aliphatic rings. The third-order valence-corrected chi connectivity index (χ3v) is 4.70. The molecular weight excluding hydrogens is 370 g/mol. The summed E-state index contributed by atoms with van der Waals surface area (Å²) in [5, 5.41) is 18.7. The number of rotatable bonds is 3. The molecule has 0 spiro atoms. The molecule has 0 saturated carbocycles. The van der Waals surface area contributed by atoms with E-state index in [4.69, 9.17) is 4.74 Å². The molecular formula is C18H15N3O7. The van der Waals surface area contributed by atoms with Crippen LogP contribution in [-0.4, -0.2) is 58.4 Å². The van der Waals surface area contributed by atoms with E-state index in [2.05, 4.69) is 9.97 Å². The summed E-state index contributed by atoms with van der Waals surface area (Å²) >= 11 is 0. The normalized spacial score (nSPS) is 14.5.